The summed E-state index contributed by atoms with van der Waals surface area (Å²) in [5.74, 6) is 2.78. The highest BCUT2D eigenvalue weighted by Crippen LogP contribution is 2.21. The van der Waals surface area contributed by atoms with Gasteiger partial charge in [-0.3, -0.25) is 4.90 Å². The molecule has 0 saturated carbocycles. The van der Waals surface area contributed by atoms with Crippen molar-refractivity contribution in [2.24, 2.45) is 5.73 Å². The second-order valence-corrected chi connectivity index (χ2v) is 5.03. The summed E-state index contributed by atoms with van der Waals surface area (Å²) in [5, 5.41) is 0. The predicted octanol–water partition coefficient (Wildman–Crippen LogP) is 2.69. The molecule has 0 amide bonds. The van der Waals surface area contributed by atoms with E-state index in [1.54, 1.807) is 7.11 Å². The number of nitrogens with two attached hydrogens (primary N) is 1. The second-order valence-electron chi connectivity index (χ2n) is 5.03. The molecule has 0 radical (unpaired) electrons. The number of benzene rings is 1. The molecule has 0 fully saturated rings. The van der Waals surface area contributed by atoms with E-state index in [-0.39, 0.29) is 0 Å². The molecule has 0 unspecified atom stereocenters. The number of furan rings is 1. The van der Waals surface area contributed by atoms with Gasteiger partial charge in [-0.2, -0.15) is 0 Å². The highest BCUT2D eigenvalue weighted by molar-refractivity contribution is 5.37. The van der Waals surface area contributed by atoms with Crippen molar-refractivity contribution in [3.63, 3.8) is 0 Å². The Morgan fingerprint density at radius 2 is 2.00 bits per heavy atom. The lowest BCUT2D eigenvalue weighted by Gasteiger charge is -2.16. The lowest BCUT2D eigenvalue weighted by molar-refractivity contribution is 0.284. The summed E-state index contributed by atoms with van der Waals surface area (Å²) in [7, 11) is 3.74. The molecule has 1 aromatic carbocycles. The summed E-state index contributed by atoms with van der Waals surface area (Å²) in [4.78, 5) is 2.20. The molecule has 1 heterocycles. The van der Waals surface area contributed by atoms with Gasteiger partial charge in [-0.05, 0) is 37.7 Å². The Balaban J connectivity index is 2.02. The van der Waals surface area contributed by atoms with Crippen molar-refractivity contribution in [1.29, 1.82) is 0 Å². The highest BCUT2D eigenvalue weighted by atomic mass is 16.5. The molecule has 2 aromatic rings. The maximum absolute atomic E-state index is 5.68. The molecule has 0 aliphatic carbocycles. The van der Waals surface area contributed by atoms with Crippen molar-refractivity contribution in [3.05, 3.63) is 53.0 Å². The minimum absolute atomic E-state index is 0.491. The standard InChI is InChI=1S/C16H22N2O2/c1-12-4-7-15(20-12)11-18(2)10-13-5-6-14(9-17)16(8-13)19-3/h4-8H,9-11,17H2,1-3H3. The number of ether oxygens (including phenoxy) is 1. The Bertz CT molecular complexity index is 563. The van der Waals surface area contributed by atoms with Gasteiger partial charge >= 0.3 is 0 Å². The maximum atomic E-state index is 5.68. The van der Waals surface area contributed by atoms with E-state index in [0.29, 0.717) is 6.54 Å². The average Bonchev–Trinajstić information content (AvgIpc) is 2.83. The van der Waals surface area contributed by atoms with Crippen LogP contribution in [-0.2, 0) is 19.6 Å². The first-order chi connectivity index (χ1) is 9.62. The Morgan fingerprint density at radius 3 is 2.60 bits per heavy atom. The minimum atomic E-state index is 0.491. The van der Waals surface area contributed by atoms with Gasteiger partial charge in [0.15, 0.2) is 0 Å². The zero-order valence-corrected chi connectivity index (χ0v) is 12.3. The van der Waals surface area contributed by atoms with Gasteiger partial charge in [-0.1, -0.05) is 12.1 Å². The van der Waals surface area contributed by atoms with Gasteiger partial charge in [0.2, 0.25) is 0 Å². The van der Waals surface area contributed by atoms with E-state index in [2.05, 4.69) is 18.0 Å². The molecule has 0 bridgehead atoms. The fourth-order valence-electron chi connectivity index (χ4n) is 2.26. The van der Waals surface area contributed by atoms with E-state index in [0.717, 1.165) is 35.9 Å². The van der Waals surface area contributed by atoms with Crippen LogP contribution >= 0.6 is 0 Å². The normalized spacial score (nSPS) is 11.1. The second kappa shape index (κ2) is 6.59. The van der Waals surface area contributed by atoms with E-state index < -0.39 is 0 Å². The SMILES string of the molecule is COc1cc(CN(C)Cc2ccc(C)o2)ccc1CN. The Kier molecular flexibility index (Phi) is 4.82. The largest absolute Gasteiger partial charge is 0.496 e. The Labute approximate surface area is 120 Å². The quantitative estimate of drug-likeness (QED) is 0.880. The van der Waals surface area contributed by atoms with E-state index in [4.69, 9.17) is 14.9 Å². The smallest absolute Gasteiger partial charge is 0.123 e. The van der Waals surface area contributed by atoms with E-state index in [1.807, 2.05) is 31.2 Å². The van der Waals surface area contributed by atoms with Crippen molar-refractivity contribution in [1.82, 2.24) is 4.90 Å². The number of rotatable bonds is 6. The molecule has 2 rings (SSSR count). The van der Waals surface area contributed by atoms with Gasteiger partial charge in [-0.15, -0.1) is 0 Å². The summed E-state index contributed by atoms with van der Waals surface area (Å²) in [6, 6.07) is 10.2. The molecule has 0 aliphatic heterocycles. The molecule has 1 aromatic heterocycles. The van der Waals surface area contributed by atoms with Gasteiger partial charge in [0.1, 0.15) is 17.3 Å². The van der Waals surface area contributed by atoms with Crippen molar-refractivity contribution in [2.45, 2.75) is 26.6 Å². The van der Waals surface area contributed by atoms with Crippen LogP contribution in [0.25, 0.3) is 0 Å². The lowest BCUT2D eigenvalue weighted by Crippen LogP contribution is -2.17. The number of nitrogens with zero attached hydrogens (tertiary/aromatic N) is 1. The van der Waals surface area contributed by atoms with Gasteiger partial charge in [-0.25, -0.2) is 0 Å². The molecular weight excluding hydrogens is 252 g/mol. The highest BCUT2D eigenvalue weighted by Gasteiger charge is 2.07. The zero-order chi connectivity index (χ0) is 14.5. The Hall–Kier alpha value is -1.78. The van der Waals surface area contributed by atoms with Crippen LogP contribution in [-0.4, -0.2) is 19.1 Å². The molecule has 4 nitrogen and oxygen atoms in total. The van der Waals surface area contributed by atoms with Gasteiger partial charge in [0.25, 0.3) is 0 Å². The number of hydrogen-bond donors (Lipinski definition) is 1. The van der Waals surface area contributed by atoms with Crippen molar-refractivity contribution >= 4 is 0 Å². The van der Waals surface area contributed by atoms with Crippen LogP contribution in [0.1, 0.15) is 22.6 Å². The molecule has 108 valence electrons. The summed E-state index contributed by atoms with van der Waals surface area (Å²) in [6.07, 6.45) is 0. The first-order valence-corrected chi connectivity index (χ1v) is 6.72. The first-order valence-electron chi connectivity index (χ1n) is 6.72. The molecule has 0 spiro atoms. The minimum Gasteiger partial charge on any atom is -0.496 e. The molecule has 2 N–H and O–H groups in total. The summed E-state index contributed by atoms with van der Waals surface area (Å²) < 4.78 is 11.0. The van der Waals surface area contributed by atoms with Gasteiger partial charge in [0, 0.05) is 18.7 Å². The van der Waals surface area contributed by atoms with Crippen LogP contribution in [0, 0.1) is 6.92 Å². The fourth-order valence-corrected chi connectivity index (χ4v) is 2.26. The van der Waals surface area contributed by atoms with Crippen molar-refractivity contribution in [3.8, 4) is 5.75 Å². The van der Waals surface area contributed by atoms with E-state index >= 15 is 0 Å². The van der Waals surface area contributed by atoms with Crippen LogP contribution in [0.2, 0.25) is 0 Å². The zero-order valence-electron chi connectivity index (χ0n) is 12.3. The average molecular weight is 274 g/mol. The molecular formula is C16H22N2O2. The fraction of sp³-hybridized carbons (Fsp3) is 0.375. The summed E-state index contributed by atoms with van der Waals surface area (Å²) in [5.41, 5.74) is 7.91. The molecule has 0 atom stereocenters. The van der Waals surface area contributed by atoms with Crippen LogP contribution in [0.5, 0.6) is 5.75 Å². The van der Waals surface area contributed by atoms with Crippen LogP contribution in [0.4, 0.5) is 0 Å². The summed E-state index contributed by atoms with van der Waals surface area (Å²) in [6.45, 7) is 4.07. The van der Waals surface area contributed by atoms with Crippen LogP contribution < -0.4 is 10.5 Å². The molecule has 0 aliphatic rings. The maximum Gasteiger partial charge on any atom is 0.123 e. The van der Waals surface area contributed by atoms with E-state index in [9.17, 15) is 0 Å². The third-order valence-corrected chi connectivity index (χ3v) is 3.25. The van der Waals surface area contributed by atoms with Crippen LogP contribution in [0.15, 0.2) is 34.7 Å². The first kappa shape index (κ1) is 14.6. The molecule has 20 heavy (non-hydrogen) atoms. The summed E-state index contributed by atoms with van der Waals surface area (Å²) >= 11 is 0. The molecule has 4 heteroatoms. The third kappa shape index (κ3) is 3.62. The van der Waals surface area contributed by atoms with E-state index in [1.165, 1.54) is 5.56 Å². The Morgan fingerprint density at radius 1 is 1.20 bits per heavy atom. The lowest BCUT2D eigenvalue weighted by atomic mass is 10.1. The van der Waals surface area contributed by atoms with Gasteiger partial charge < -0.3 is 14.9 Å². The molecule has 0 saturated heterocycles. The third-order valence-electron chi connectivity index (χ3n) is 3.25. The number of methoxy groups -OCH3 is 1. The number of hydrogen-bond acceptors (Lipinski definition) is 4. The topological polar surface area (TPSA) is 51.6 Å². The number of aryl methyl sites for hydroxylation is 1. The predicted molar refractivity (Wildman–Crippen MR) is 79.5 cm³/mol. The van der Waals surface area contributed by atoms with Gasteiger partial charge in [0.05, 0.1) is 13.7 Å². The monoisotopic (exact) mass is 274 g/mol. The van der Waals surface area contributed by atoms with Crippen molar-refractivity contribution < 1.29 is 9.15 Å². The van der Waals surface area contributed by atoms with Crippen LogP contribution in [0.3, 0.4) is 0 Å². The van der Waals surface area contributed by atoms with Crippen molar-refractivity contribution in [2.75, 3.05) is 14.2 Å².